The van der Waals surface area contributed by atoms with Crippen LogP contribution < -0.4 is 0 Å². The summed E-state index contributed by atoms with van der Waals surface area (Å²) in [5.74, 6) is 0. The van der Waals surface area contributed by atoms with Crippen LogP contribution in [-0.2, 0) is 0 Å². The fraction of sp³-hybridized carbons (Fsp3) is 0.167. The van der Waals surface area contributed by atoms with E-state index in [9.17, 15) is 0 Å². The van der Waals surface area contributed by atoms with Crippen molar-refractivity contribution in [2.45, 2.75) is 20.8 Å². The maximum absolute atomic E-state index is 6.08. The van der Waals surface area contributed by atoms with Crippen LogP contribution in [0.15, 0.2) is 71.4 Å². The zero-order chi connectivity index (χ0) is 15.1. The zero-order valence-corrected chi connectivity index (χ0v) is 13.0. The summed E-state index contributed by atoms with van der Waals surface area (Å²) >= 11 is 6.08. The number of aliphatic imine (C=N–C) groups is 1. The Labute approximate surface area is 126 Å². The molecule has 0 saturated heterocycles. The quantitative estimate of drug-likeness (QED) is 0.475. The van der Waals surface area contributed by atoms with Gasteiger partial charge in [-0.15, -0.1) is 0 Å². The summed E-state index contributed by atoms with van der Waals surface area (Å²) in [6.07, 6.45) is 5.40. The highest BCUT2D eigenvalue weighted by Gasteiger charge is 2.10. The Morgan fingerprint density at radius 2 is 1.90 bits per heavy atom. The molecule has 1 aromatic rings. The van der Waals surface area contributed by atoms with Crippen molar-refractivity contribution in [2.24, 2.45) is 4.99 Å². The van der Waals surface area contributed by atoms with Gasteiger partial charge in [0.05, 0.1) is 5.70 Å². The van der Waals surface area contributed by atoms with Crippen molar-refractivity contribution in [2.75, 3.05) is 0 Å². The molecular formula is C18H20ClN. The van der Waals surface area contributed by atoms with Crippen LogP contribution in [0.4, 0.5) is 0 Å². The molecule has 0 bridgehead atoms. The fourth-order valence-electron chi connectivity index (χ4n) is 1.96. The molecule has 0 fully saturated rings. The lowest BCUT2D eigenvalue weighted by Gasteiger charge is -2.12. The summed E-state index contributed by atoms with van der Waals surface area (Å²) < 4.78 is 0. The number of halogens is 1. The standard InChI is InChI=1S/C18H20ClN/c1-6-16(13(4)5)18(20-8-3)17(7-2)14-10-9-11-15(19)12-14/h6-12H,1-2H2,3-5H3/b18-17-,20-8?. The molecule has 104 valence electrons. The molecule has 1 aromatic carbocycles. The summed E-state index contributed by atoms with van der Waals surface area (Å²) in [7, 11) is 0. The van der Waals surface area contributed by atoms with E-state index >= 15 is 0 Å². The Hall–Kier alpha value is -1.86. The van der Waals surface area contributed by atoms with Crippen molar-refractivity contribution >= 4 is 23.4 Å². The molecule has 0 amide bonds. The van der Waals surface area contributed by atoms with Crippen molar-refractivity contribution in [3.63, 3.8) is 0 Å². The number of benzene rings is 1. The van der Waals surface area contributed by atoms with Gasteiger partial charge in [0, 0.05) is 16.8 Å². The highest BCUT2D eigenvalue weighted by molar-refractivity contribution is 6.30. The minimum absolute atomic E-state index is 0.694. The van der Waals surface area contributed by atoms with Crippen LogP contribution in [0.1, 0.15) is 26.3 Å². The first-order valence-corrected chi connectivity index (χ1v) is 6.84. The Morgan fingerprint density at radius 3 is 2.35 bits per heavy atom. The Morgan fingerprint density at radius 1 is 1.20 bits per heavy atom. The van der Waals surface area contributed by atoms with E-state index in [4.69, 9.17) is 11.6 Å². The van der Waals surface area contributed by atoms with Gasteiger partial charge < -0.3 is 0 Å². The zero-order valence-electron chi connectivity index (χ0n) is 12.3. The van der Waals surface area contributed by atoms with Gasteiger partial charge in [0.25, 0.3) is 0 Å². The SMILES string of the molecule is C=CC(=C(C)C)/C(N=CC)=C(\C=C)c1cccc(Cl)c1. The maximum atomic E-state index is 6.08. The first-order chi connectivity index (χ1) is 9.54. The number of hydrogen-bond acceptors (Lipinski definition) is 1. The van der Waals surface area contributed by atoms with E-state index in [-0.39, 0.29) is 0 Å². The molecule has 0 atom stereocenters. The summed E-state index contributed by atoms with van der Waals surface area (Å²) in [5, 5.41) is 0.694. The lowest BCUT2D eigenvalue weighted by atomic mass is 9.97. The van der Waals surface area contributed by atoms with Gasteiger partial charge >= 0.3 is 0 Å². The minimum Gasteiger partial charge on any atom is -0.260 e. The van der Waals surface area contributed by atoms with Crippen LogP contribution in [0.3, 0.4) is 0 Å². The molecule has 0 aliphatic rings. The predicted octanol–water partition coefficient (Wildman–Crippen LogP) is 5.85. The van der Waals surface area contributed by atoms with E-state index in [1.54, 1.807) is 12.3 Å². The fourth-order valence-corrected chi connectivity index (χ4v) is 2.15. The van der Waals surface area contributed by atoms with Gasteiger partial charge in [-0.1, -0.05) is 54.6 Å². The van der Waals surface area contributed by atoms with Crippen molar-refractivity contribution in [3.05, 3.63) is 77.0 Å². The number of hydrogen-bond donors (Lipinski definition) is 0. The van der Waals surface area contributed by atoms with Crippen LogP contribution in [-0.4, -0.2) is 6.21 Å². The van der Waals surface area contributed by atoms with Crippen LogP contribution in [0, 0.1) is 0 Å². The van der Waals surface area contributed by atoms with E-state index in [0.29, 0.717) is 5.02 Å². The van der Waals surface area contributed by atoms with Gasteiger partial charge in [0.15, 0.2) is 0 Å². The van der Waals surface area contributed by atoms with Crippen LogP contribution in [0.2, 0.25) is 5.02 Å². The Balaban J connectivity index is 3.65. The van der Waals surface area contributed by atoms with Crippen molar-refractivity contribution in [3.8, 4) is 0 Å². The van der Waals surface area contributed by atoms with Gasteiger partial charge in [-0.3, -0.25) is 4.99 Å². The van der Waals surface area contributed by atoms with Gasteiger partial charge in [-0.2, -0.15) is 0 Å². The molecule has 0 aliphatic carbocycles. The lowest BCUT2D eigenvalue weighted by Crippen LogP contribution is -1.93. The summed E-state index contributed by atoms with van der Waals surface area (Å²) in [6.45, 7) is 13.8. The molecule has 20 heavy (non-hydrogen) atoms. The Bertz CT molecular complexity index is 600. The minimum atomic E-state index is 0.694. The first kappa shape index (κ1) is 16.2. The van der Waals surface area contributed by atoms with Crippen LogP contribution in [0.5, 0.6) is 0 Å². The number of allylic oxidation sites excluding steroid dienone is 4. The van der Waals surface area contributed by atoms with Crippen molar-refractivity contribution < 1.29 is 0 Å². The summed E-state index contributed by atoms with van der Waals surface area (Å²) in [4.78, 5) is 4.50. The average molecular weight is 286 g/mol. The molecule has 0 aromatic heterocycles. The number of nitrogens with zero attached hydrogens (tertiary/aromatic N) is 1. The van der Waals surface area contributed by atoms with Gasteiger partial charge in [0.2, 0.25) is 0 Å². The van der Waals surface area contributed by atoms with Crippen LogP contribution >= 0.6 is 11.6 Å². The van der Waals surface area contributed by atoms with E-state index in [0.717, 1.165) is 28.0 Å². The second kappa shape index (κ2) is 7.66. The molecule has 2 heteroatoms. The van der Waals surface area contributed by atoms with E-state index in [2.05, 4.69) is 18.2 Å². The smallest absolute Gasteiger partial charge is 0.0775 e. The molecule has 0 saturated carbocycles. The third-order valence-electron chi connectivity index (χ3n) is 2.85. The van der Waals surface area contributed by atoms with E-state index < -0.39 is 0 Å². The normalized spacial score (nSPS) is 12.0. The largest absolute Gasteiger partial charge is 0.260 e. The highest BCUT2D eigenvalue weighted by Crippen LogP contribution is 2.29. The van der Waals surface area contributed by atoms with Gasteiger partial charge in [-0.05, 0) is 44.0 Å². The molecule has 0 spiro atoms. The second-order valence-corrected chi connectivity index (χ2v) is 4.92. The molecule has 0 aliphatic heterocycles. The van der Waals surface area contributed by atoms with Gasteiger partial charge in [0.1, 0.15) is 0 Å². The summed E-state index contributed by atoms with van der Waals surface area (Å²) in [6, 6.07) is 7.68. The molecule has 0 unspecified atom stereocenters. The third-order valence-corrected chi connectivity index (χ3v) is 3.09. The molecule has 1 nitrogen and oxygen atoms in total. The molecule has 0 N–H and O–H groups in total. The van der Waals surface area contributed by atoms with E-state index in [1.807, 2.05) is 51.1 Å². The number of rotatable bonds is 5. The monoisotopic (exact) mass is 285 g/mol. The molecular weight excluding hydrogens is 266 g/mol. The van der Waals surface area contributed by atoms with Crippen LogP contribution in [0.25, 0.3) is 5.57 Å². The highest BCUT2D eigenvalue weighted by atomic mass is 35.5. The van der Waals surface area contributed by atoms with Gasteiger partial charge in [-0.25, -0.2) is 0 Å². The topological polar surface area (TPSA) is 12.4 Å². The molecule has 1 rings (SSSR count). The maximum Gasteiger partial charge on any atom is 0.0775 e. The second-order valence-electron chi connectivity index (χ2n) is 4.48. The van der Waals surface area contributed by atoms with Crippen molar-refractivity contribution in [1.82, 2.24) is 0 Å². The van der Waals surface area contributed by atoms with E-state index in [1.165, 1.54) is 0 Å². The first-order valence-electron chi connectivity index (χ1n) is 6.46. The summed E-state index contributed by atoms with van der Waals surface area (Å²) in [5.41, 5.74) is 4.97. The average Bonchev–Trinajstić information content (AvgIpc) is 2.40. The van der Waals surface area contributed by atoms with Crippen molar-refractivity contribution in [1.29, 1.82) is 0 Å². The molecule has 0 heterocycles. The predicted molar refractivity (Wildman–Crippen MR) is 91.3 cm³/mol. The third kappa shape index (κ3) is 3.82. The lowest BCUT2D eigenvalue weighted by molar-refractivity contribution is 1.26. The Kier molecular flexibility index (Phi) is 6.20. The molecule has 0 radical (unpaired) electrons.